The average Bonchev–Trinajstić information content (AvgIpc) is 2.02. The van der Waals surface area contributed by atoms with Gasteiger partial charge in [-0.15, -0.1) is 0 Å². The molecule has 0 amide bonds. The first-order valence-electron chi connectivity index (χ1n) is 4.63. The third-order valence-corrected chi connectivity index (χ3v) is 4.45. The molecule has 1 atom stereocenters. The van der Waals surface area contributed by atoms with Gasteiger partial charge >= 0.3 is 5.97 Å². The Labute approximate surface area is 82.5 Å². The molecule has 0 saturated carbocycles. The summed E-state index contributed by atoms with van der Waals surface area (Å²) in [6.07, 6.45) is 0.855. The Balaban J connectivity index is 2.10. The molecule has 2 saturated heterocycles. The summed E-state index contributed by atoms with van der Waals surface area (Å²) >= 11 is 1.91. The number of hydrogen-bond donors (Lipinski definition) is 1. The fourth-order valence-corrected chi connectivity index (χ4v) is 3.95. The van der Waals surface area contributed by atoms with E-state index in [4.69, 9.17) is 5.11 Å². The quantitative estimate of drug-likeness (QED) is 0.680. The first-order valence-corrected chi connectivity index (χ1v) is 5.79. The Kier molecular flexibility index (Phi) is 2.28. The van der Waals surface area contributed by atoms with E-state index in [0.29, 0.717) is 0 Å². The number of carbonyl (C=O) groups is 1. The van der Waals surface area contributed by atoms with Crippen molar-refractivity contribution >= 4 is 17.7 Å². The predicted molar refractivity (Wildman–Crippen MR) is 53.0 cm³/mol. The summed E-state index contributed by atoms with van der Waals surface area (Å²) in [6, 6.07) is 0. The molecule has 0 aliphatic carbocycles. The van der Waals surface area contributed by atoms with E-state index in [0.717, 1.165) is 31.0 Å². The normalized spacial score (nSPS) is 32.8. The van der Waals surface area contributed by atoms with Crippen LogP contribution in [-0.4, -0.2) is 47.6 Å². The molecule has 74 valence electrons. The molecule has 2 fully saturated rings. The smallest absolute Gasteiger partial charge is 0.307 e. The Hall–Kier alpha value is -0.220. The van der Waals surface area contributed by atoms with E-state index < -0.39 is 5.97 Å². The SMILES string of the molecule is CN1CC2(CSCCC2C(=O)O)C1. The monoisotopic (exact) mass is 201 g/mol. The average molecular weight is 201 g/mol. The van der Waals surface area contributed by atoms with Crippen LogP contribution in [-0.2, 0) is 4.79 Å². The molecule has 0 bridgehead atoms. The fraction of sp³-hybridized carbons (Fsp3) is 0.889. The molecule has 13 heavy (non-hydrogen) atoms. The maximum absolute atomic E-state index is 11.0. The highest BCUT2D eigenvalue weighted by atomic mass is 32.2. The molecule has 4 heteroatoms. The number of aliphatic carboxylic acids is 1. The minimum absolute atomic E-state index is 0.0926. The second kappa shape index (κ2) is 3.17. The van der Waals surface area contributed by atoms with E-state index in [2.05, 4.69) is 11.9 Å². The molecule has 2 rings (SSSR count). The summed E-state index contributed by atoms with van der Waals surface area (Å²) in [5, 5.41) is 9.10. The van der Waals surface area contributed by atoms with E-state index in [1.165, 1.54) is 0 Å². The van der Waals surface area contributed by atoms with Crippen LogP contribution in [0.5, 0.6) is 0 Å². The van der Waals surface area contributed by atoms with Crippen molar-refractivity contribution < 1.29 is 9.90 Å². The van der Waals surface area contributed by atoms with Crippen molar-refractivity contribution in [2.75, 3.05) is 31.6 Å². The zero-order valence-corrected chi connectivity index (χ0v) is 8.64. The van der Waals surface area contributed by atoms with Gasteiger partial charge in [-0.05, 0) is 19.2 Å². The summed E-state index contributed by atoms with van der Waals surface area (Å²) in [6.45, 7) is 1.94. The topological polar surface area (TPSA) is 40.5 Å². The number of nitrogens with zero attached hydrogens (tertiary/aromatic N) is 1. The highest BCUT2D eigenvalue weighted by molar-refractivity contribution is 7.99. The van der Waals surface area contributed by atoms with Gasteiger partial charge in [-0.1, -0.05) is 0 Å². The fourth-order valence-electron chi connectivity index (χ4n) is 2.61. The van der Waals surface area contributed by atoms with Gasteiger partial charge < -0.3 is 10.0 Å². The summed E-state index contributed by atoms with van der Waals surface area (Å²) in [7, 11) is 2.06. The summed E-state index contributed by atoms with van der Waals surface area (Å²) in [5.41, 5.74) is 0.101. The number of rotatable bonds is 1. The van der Waals surface area contributed by atoms with Crippen molar-refractivity contribution in [1.29, 1.82) is 0 Å². The highest BCUT2D eigenvalue weighted by Crippen LogP contribution is 2.45. The summed E-state index contributed by atoms with van der Waals surface area (Å²) in [4.78, 5) is 13.3. The first-order chi connectivity index (χ1) is 6.14. The van der Waals surface area contributed by atoms with Gasteiger partial charge in [-0.3, -0.25) is 4.79 Å². The maximum atomic E-state index is 11.0. The number of likely N-dealkylation sites (tertiary alicyclic amines) is 1. The van der Waals surface area contributed by atoms with Crippen molar-refractivity contribution in [3.05, 3.63) is 0 Å². The Morgan fingerprint density at radius 3 is 2.85 bits per heavy atom. The van der Waals surface area contributed by atoms with Crippen LogP contribution in [0, 0.1) is 11.3 Å². The van der Waals surface area contributed by atoms with Crippen LogP contribution in [0.25, 0.3) is 0 Å². The van der Waals surface area contributed by atoms with E-state index in [9.17, 15) is 4.79 Å². The molecule has 2 aliphatic heterocycles. The largest absolute Gasteiger partial charge is 0.481 e. The minimum atomic E-state index is -0.589. The number of thioether (sulfide) groups is 1. The van der Waals surface area contributed by atoms with Gasteiger partial charge in [0, 0.05) is 24.3 Å². The molecule has 2 heterocycles. The molecule has 1 spiro atoms. The highest BCUT2D eigenvalue weighted by Gasteiger charge is 2.51. The lowest BCUT2D eigenvalue weighted by Crippen LogP contribution is -2.62. The summed E-state index contributed by atoms with van der Waals surface area (Å²) in [5.74, 6) is 1.37. The molecule has 1 unspecified atom stereocenters. The minimum Gasteiger partial charge on any atom is -0.481 e. The molecule has 3 nitrogen and oxygen atoms in total. The van der Waals surface area contributed by atoms with E-state index in [1.54, 1.807) is 0 Å². The van der Waals surface area contributed by atoms with Gasteiger partial charge in [-0.2, -0.15) is 11.8 Å². The lowest BCUT2D eigenvalue weighted by molar-refractivity contribution is -0.151. The van der Waals surface area contributed by atoms with Gasteiger partial charge in [-0.25, -0.2) is 0 Å². The second-order valence-corrected chi connectivity index (χ2v) is 5.37. The third-order valence-electron chi connectivity index (χ3n) is 3.15. The first kappa shape index (κ1) is 9.34. The van der Waals surface area contributed by atoms with Gasteiger partial charge in [0.2, 0.25) is 0 Å². The van der Waals surface area contributed by atoms with Gasteiger partial charge in [0.1, 0.15) is 0 Å². The number of carboxylic acids is 1. The maximum Gasteiger partial charge on any atom is 0.307 e. The lowest BCUT2D eigenvalue weighted by atomic mass is 9.69. The van der Waals surface area contributed by atoms with Gasteiger partial charge in [0.15, 0.2) is 0 Å². The van der Waals surface area contributed by atoms with E-state index in [-0.39, 0.29) is 11.3 Å². The van der Waals surface area contributed by atoms with Crippen molar-refractivity contribution in [3.63, 3.8) is 0 Å². The Morgan fingerprint density at radius 2 is 2.31 bits per heavy atom. The van der Waals surface area contributed by atoms with Crippen molar-refractivity contribution in [2.45, 2.75) is 6.42 Å². The van der Waals surface area contributed by atoms with Gasteiger partial charge in [0.05, 0.1) is 5.92 Å². The zero-order valence-electron chi connectivity index (χ0n) is 7.82. The van der Waals surface area contributed by atoms with Crippen LogP contribution in [0.3, 0.4) is 0 Å². The molecule has 0 radical (unpaired) electrons. The molecule has 0 aromatic heterocycles. The van der Waals surface area contributed by atoms with Crippen LogP contribution >= 0.6 is 11.8 Å². The van der Waals surface area contributed by atoms with Crippen LogP contribution < -0.4 is 0 Å². The van der Waals surface area contributed by atoms with Crippen molar-refractivity contribution in [2.24, 2.45) is 11.3 Å². The van der Waals surface area contributed by atoms with Crippen LogP contribution in [0.1, 0.15) is 6.42 Å². The molecule has 1 N–H and O–H groups in total. The molecular weight excluding hydrogens is 186 g/mol. The second-order valence-electron chi connectivity index (χ2n) is 4.27. The predicted octanol–water partition coefficient (Wildman–Crippen LogP) is 0.756. The Morgan fingerprint density at radius 1 is 1.62 bits per heavy atom. The van der Waals surface area contributed by atoms with Gasteiger partial charge in [0.25, 0.3) is 0 Å². The lowest BCUT2D eigenvalue weighted by Gasteiger charge is -2.53. The summed E-state index contributed by atoms with van der Waals surface area (Å²) < 4.78 is 0. The van der Waals surface area contributed by atoms with E-state index >= 15 is 0 Å². The molecule has 0 aromatic rings. The number of hydrogen-bond acceptors (Lipinski definition) is 3. The standard InChI is InChI=1S/C9H15NO2S/c1-10-4-9(5-10)6-13-3-2-7(9)8(11)12/h7H,2-6H2,1H3,(H,11,12). The van der Waals surface area contributed by atoms with Crippen LogP contribution in [0.4, 0.5) is 0 Å². The van der Waals surface area contributed by atoms with E-state index in [1.807, 2.05) is 11.8 Å². The Bertz CT molecular complexity index is 220. The molecule has 0 aromatic carbocycles. The molecule has 2 aliphatic rings. The van der Waals surface area contributed by atoms with Crippen molar-refractivity contribution in [1.82, 2.24) is 4.90 Å². The third kappa shape index (κ3) is 1.46. The number of carboxylic acid groups (broad SMARTS) is 1. The van der Waals surface area contributed by atoms with Crippen LogP contribution in [0.2, 0.25) is 0 Å². The van der Waals surface area contributed by atoms with Crippen LogP contribution in [0.15, 0.2) is 0 Å². The molecular formula is C9H15NO2S. The van der Waals surface area contributed by atoms with Crippen molar-refractivity contribution in [3.8, 4) is 0 Å². The zero-order chi connectivity index (χ0) is 9.47.